The Morgan fingerprint density at radius 3 is 2.32 bits per heavy atom. The molecule has 5 nitrogen and oxygen atoms in total. The van der Waals surface area contributed by atoms with Gasteiger partial charge in [-0.15, -0.1) is 0 Å². The molecule has 1 rings (SSSR count). The monoisotopic (exact) mass is 291 g/mol. The van der Waals surface area contributed by atoms with Gasteiger partial charge < -0.3 is 4.90 Å². The first-order chi connectivity index (χ1) is 8.88. The summed E-state index contributed by atoms with van der Waals surface area (Å²) in [5.41, 5.74) is 3.02. The summed E-state index contributed by atoms with van der Waals surface area (Å²) in [5.74, 6) is 6.23. The first kappa shape index (κ1) is 16.9. The highest BCUT2D eigenvalue weighted by molar-refractivity contribution is 7.91. The lowest BCUT2D eigenvalue weighted by Crippen LogP contribution is -2.59. The van der Waals surface area contributed by atoms with E-state index in [0.29, 0.717) is 6.42 Å². The van der Waals surface area contributed by atoms with Gasteiger partial charge in [0.05, 0.1) is 5.75 Å². The lowest BCUT2D eigenvalue weighted by atomic mass is 9.84. The van der Waals surface area contributed by atoms with Crippen LogP contribution in [0.5, 0.6) is 0 Å². The summed E-state index contributed by atoms with van der Waals surface area (Å²) in [7, 11) is 1.32. The number of nitrogens with two attached hydrogens (primary N) is 1. The number of rotatable bonds is 8. The van der Waals surface area contributed by atoms with Gasteiger partial charge in [-0.1, -0.05) is 19.8 Å². The molecule has 0 aromatic carbocycles. The topological polar surface area (TPSA) is 75.4 Å². The molecule has 0 saturated heterocycles. The van der Waals surface area contributed by atoms with Crippen molar-refractivity contribution >= 4 is 9.84 Å². The van der Waals surface area contributed by atoms with Crippen molar-refractivity contribution in [1.82, 2.24) is 10.3 Å². The summed E-state index contributed by atoms with van der Waals surface area (Å²) in [6.07, 6.45) is 6.21. The molecule has 1 aliphatic rings. The van der Waals surface area contributed by atoms with E-state index in [2.05, 4.69) is 24.4 Å². The van der Waals surface area contributed by atoms with Gasteiger partial charge in [-0.2, -0.15) is 0 Å². The van der Waals surface area contributed by atoms with Crippen LogP contribution in [0.15, 0.2) is 0 Å². The Labute approximate surface area is 117 Å². The smallest absolute Gasteiger partial charge is 0.150 e. The van der Waals surface area contributed by atoms with Crippen LogP contribution in [-0.4, -0.2) is 50.5 Å². The van der Waals surface area contributed by atoms with Gasteiger partial charge in [-0.05, 0) is 39.8 Å². The Hall–Kier alpha value is -0.170. The maximum Gasteiger partial charge on any atom is 0.150 e. The molecule has 0 heterocycles. The number of hydrazine groups is 1. The highest BCUT2D eigenvalue weighted by Gasteiger charge is 2.42. The van der Waals surface area contributed by atoms with Crippen molar-refractivity contribution in [2.45, 2.75) is 57.0 Å². The number of likely N-dealkylation sites (N-methyl/N-ethyl adjacent to an activating group) is 1. The average molecular weight is 291 g/mol. The zero-order valence-electron chi connectivity index (χ0n) is 12.5. The van der Waals surface area contributed by atoms with Crippen molar-refractivity contribution in [1.29, 1.82) is 0 Å². The average Bonchev–Trinajstić information content (AvgIpc) is 2.85. The molecule has 1 saturated carbocycles. The molecule has 0 radical (unpaired) electrons. The molecule has 0 aliphatic heterocycles. The van der Waals surface area contributed by atoms with Crippen LogP contribution in [0.2, 0.25) is 0 Å². The number of nitrogens with one attached hydrogen (secondary N) is 1. The van der Waals surface area contributed by atoms with E-state index in [1.54, 1.807) is 6.92 Å². The number of hydrogen-bond acceptors (Lipinski definition) is 5. The summed E-state index contributed by atoms with van der Waals surface area (Å²) in [6, 6.07) is 0.164. The van der Waals surface area contributed by atoms with E-state index < -0.39 is 9.84 Å². The molecule has 1 atom stereocenters. The minimum atomic E-state index is -2.87. The van der Waals surface area contributed by atoms with Crippen LogP contribution in [0, 0.1) is 0 Å². The minimum Gasteiger partial charge on any atom is -0.302 e. The minimum absolute atomic E-state index is 0.0880. The second-order valence-corrected chi connectivity index (χ2v) is 8.28. The van der Waals surface area contributed by atoms with Gasteiger partial charge in [0.25, 0.3) is 0 Å². The largest absolute Gasteiger partial charge is 0.302 e. The third-order valence-corrected chi connectivity index (χ3v) is 6.39. The van der Waals surface area contributed by atoms with E-state index in [-0.39, 0.29) is 23.1 Å². The van der Waals surface area contributed by atoms with Gasteiger partial charge in [-0.3, -0.25) is 11.3 Å². The van der Waals surface area contributed by atoms with E-state index in [4.69, 9.17) is 5.84 Å². The lowest BCUT2D eigenvalue weighted by Gasteiger charge is -2.43. The van der Waals surface area contributed by atoms with E-state index in [9.17, 15) is 8.42 Å². The Morgan fingerprint density at radius 2 is 1.89 bits per heavy atom. The zero-order valence-corrected chi connectivity index (χ0v) is 13.3. The maximum atomic E-state index is 11.5. The normalized spacial score (nSPS) is 20.9. The van der Waals surface area contributed by atoms with Crippen molar-refractivity contribution in [3.05, 3.63) is 0 Å². The predicted molar refractivity (Wildman–Crippen MR) is 79.6 cm³/mol. The van der Waals surface area contributed by atoms with Crippen molar-refractivity contribution in [3.8, 4) is 0 Å². The quantitative estimate of drug-likeness (QED) is 0.513. The van der Waals surface area contributed by atoms with Crippen molar-refractivity contribution < 1.29 is 8.42 Å². The maximum absolute atomic E-state index is 11.5. The third-order valence-electron chi connectivity index (χ3n) is 4.60. The molecule has 0 spiro atoms. The molecule has 0 aromatic rings. The standard InChI is InChI=1S/C13H29N3O2S/c1-4-19(17,18)11-7-8-12(15-14)13(16(2)3)9-5-6-10-13/h12,15H,4-11,14H2,1-3H3. The molecule has 1 unspecified atom stereocenters. The van der Waals surface area contributed by atoms with Crippen LogP contribution < -0.4 is 11.3 Å². The van der Waals surface area contributed by atoms with E-state index in [1.807, 2.05) is 0 Å². The van der Waals surface area contributed by atoms with Crippen LogP contribution in [0.25, 0.3) is 0 Å². The molecule has 114 valence electrons. The molecular formula is C13H29N3O2S. The van der Waals surface area contributed by atoms with Crippen LogP contribution in [0.4, 0.5) is 0 Å². The summed E-state index contributed by atoms with van der Waals surface area (Å²) in [6.45, 7) is 1.70. The SMILES string of the molecule is CCS(=O)(=O)CCCC(NN)C1(N(C)C)CCCC1. The van der Waals surface area contributed by atoms with Crippen molar-refractivity contribution in [2.24, 2.45) is 5.84 Å². The van der Waals surface area contributed by atoms with Crippen molar-refractivity contribution in [3.63, 3.8) is 0 Å². The second kappa shape index (κ2) is 7.02. The number of hydrogen-bond donors (Lipinski definition) is 2. The fraction of sp³-hybridized carbons (Fsp3) is 1.00. The van der Waals surface area contributed by atoms with E-state index >= 15 is 0 Å². The van der Waals surface area contributed by atoms with E-state index in [1.165, 1.54) is 12.8 Å². The molecule has 1 fully saturated rings. The Balaban J connectivity index is 2.62. The Bertz CT molecular complexity index is 362. The molecule has 6 heteroatoms. The summed E-state index contributed by atoms with van der Waals surface area (Å²) < 4.78 is 23.1. The third kappa shape index (κ3) is 4.15. The van der Waals surface area contributed by atoms with Crippen LogP contribution >= 0.6 is 0 Å². The van der Waals surface area contributed by atoms with Crippen LogP contribution in [-0.2, 0) is 9.84 Å². The van der Waals surface area contributed by atoms with Gasteiger partial charge in [0.1, 0.15) is 9.84 Å². The number of sulfone groups is 1. The summed E-state index contributed by atoms with van der Waals surface area (Å²) in [4.78, 5) is 2.26. The first-order valence-electron chi connectivity index (χ1n) is 7.22. The molecule has 3 N–H and O–H groups in total. The Morgan fingerprint density at radius 1 is 1.32 bits per heavy atom. The first-order valence-corrected chi connectivity index (χ1v) is 9.04. The molecule has 0 bridgehead atoms. The fourth-order valence-corrected chi connectivity index (χ4v) is 4.15. The zero-order chi connectivity index (χ0) is 14.5. The highest BCUT2D eigenvalue weighted by atomic mass is 32.2. The fourth-order valence-electron chi connectivity index (χ4n) is 3.25. The van der Waals surface area contributed by atoms with Crippen LogP contribution in [0.3, 0.4) is 0 Å². The molecule has 0 aromatic heterocycles. The second-order valence-electron chi connectivity index (χ2n) is 5.80. The van der Waals surface area contributed by atoms with Gasteiger partial charge in [-0.25, -0.2) is 8.42 Å². The number of nitrogens with zero attached hydrogens (tertiary/aromatic N) is 1. The van der Waals surface area contributed by atoms with Crippen molar-refractivity contribution in [2.75, 3.05) is 25.6 Å². The lowest BCUT2D eigenvalue weighted by molar-refractivity contribution is 0.0997. The van der Waals surface area contributed by atoms with Gasteiger partial charge in [0.15, 0.2) is 0 Å². The highest BCUT2D eigenvalue weighted by Crippen LogP contribution is 2.37. The predicted octanol–water partition coefficient (Wildman–Crippen LogP) is 0.908. The van der Waals surface area contributed by atoms with Crippen LogP contribution in [0.1, 0.15) is 45.4 Å². The van der Waals surface area contributed by atoms with Gasteiger partial charge in [0.2, 0.25) is 0 Å². The summed E-state index contributed by atoms with van der Waals surface area (Å²) >= 11 is 0. The molecule has 0 amide bonds. The van der Waals surface area contributed by atoms with E-state index in [0.717, 1.165) is 19.3 Å². The molecular weight excluding hydrogens is 262 g/mol. The molecule has 1 aliphatic carbocycles. The Kier molecular flexibility index (Phi) is 6.23. The van der Waals surface area contributed by atoms with Gasteiger partial charge >= 0.3 is 0 Å². The summed E-state index contributed by atoms with van der Waals surface area (Å²) in [5, 5.41) is 0. The molecule has 19 heavy (non-hydrogen) atoms. The van der Waals surface area contributed by atoms with Gasteiger partial charge in [0, 0.05) is 17.3 Å².